The van der Waals surface area contributed by atoms with Gasteiger partial charge in [0.25, 0.3) is 0 Å². The topological polar surface area (TPSA) is 315 Å². The molecule has 1 aromatic heterocycles. The van der Waals surface area contributed by atoms with Gasteiger partial charge in [0.05, 0.1) is 30.8 Å². The number of aliphatic hydroxyl groups is 1. The Labute approximate surface area is 399 Å². The number of carbonyl (C=O) groups excluding carboxylic acids is 6. The zero-order chi connectivity index (χ0) is 50.7. The number of aromatic nitrogens is 2. The lowest BCUT2D eigenvalue weighted by atomic mass is 10.0. The molecule has 69 heavy (non-hydrogen) atoms. The first-order chi connectivity index (χ1) is 32.8. The van der Waals surface area contributed by atoms with Crippen LogP contribution in [-0.2, 0) is 55.7 Å². The highest BCUT2D eigenvalue weighted by Crippen LogP contribution is 2.38. The van der Waals surface area contributed by atoms with Crippen LogP contribution in [0.1, 0.15) is 83.9 Å². The van der Waals surface area contributed by atoms with Crippen molar-refractivity contribution in [3.63, 3.8) is 0 Å². The fourth-order valence-electron chi connectivity index (χ4n) is 7.51. The average Bonchev–Trinajstić information content (AvgIpc) is 3.97. The number of para-hydroxylation sites is 1. The summed E-state index contributed by atoms with van der Waals surface area (Å²) in [7, 11) is -5.14. The number of oxime groups is 1. The second kappa shape index (κ2) is 27.1. The summed E-state index contributed by atoms with van der Waals surface area (Å²) in [6.45, 7) is 6.14. The number of phosphoric acid groups is 1. The maximum Gasteiger partial charge on any atom is 0.469 e. The summed E-state index contributed by atoms with van der Waals surface area (Å²) >= 11 is 0. The molecule has 0 bridgehead atoms. The Morgan fingerprint density at radius 2 is 1.61 bits per heavy atom. The third-order valence-corrected chi connectivity index (χ3v) is 11.6. The van der Waals surface area contributed by atoms with E-state index < -0.39 is 86.1 Å². The number of hydrogen-bond donors (Lipinski definition) is 8. The van der Waals surface area contributed by atoms with Crippen molar-refractivity contribution in [2.75, 3.05) is 19.8 Å². The zero-order valence-electron chi connectivity index (χ0n) is 39.0. The van der Waals surface area contributed by atoms with Gasteiger partial charge in [0.1, 0.15) is 54.1 Å². The number of hydrogen-bond acceptors (Lipinski definition) is 13. The number of nitrogens with zero attached hydrogens (tertiary/aromatic N) is 4. The molecule has 0 saturated carbocycles. The van der Waals surface area contributed by atoms with Crippen molar-refractivity contribution in [3.05, 3.63) is 78.1 Å². The average molecular weight is 988 g/mol. The molecule has 24 heteroatoms. The number of rotatable bonds is 28. The lowest BCUT2D eigenvalue weighted by molar-refractivity contribution is -0.139. The van der Waals surface area contributed by atoms with Gasteiger partial charge in [-0.05, 0) is 75.6 Å². The number of nitrogens with one attached hydrogen (secondary N) is 4. The first-order valence-corrected chi connectivity index (χ1v) is 24.1. The van der Waals surface area contributed by atoms with Crippen LogP contribution in [0.5, 0.6) is 11.5 Å². The molecule has 0 spiro atoms. The highest BCUT2D eigenvalue weighted by molar-refractivity contribution is 7.46. The number of carbonyl (C=O) groups is 6. The van der Waals surface area contributed by atoms with Gasteiger partial charge in [0, 0.05) is 38.3 Å². The molecule has 0 aliphatic carbocycles. The minimum absolute atomic E-state index is 0.119. The number of primary amides is 1. The second-order valence-electron chi connectivity index (χ2n) is 16.9. The van der Waals surface area contributed by atoms with Crippen LogP contribution in [0.4, 0.5) is 4.39 Å². The quantitative estimate of drug-likeness (QED) is 0.0223. The summed E-state index contributed by atoms with van der Waals surface area (Å²) in [4.78, 5) is 109. The van der Waals surface area contributed by atoms with Crippen LogP contribution >= 0.6 is 7.82 Å². The molecule has 0 radical (unpaired) electrons. The molecule has 2 heterocycles. The highest BCUT2D eigenvalue weighted by Gasteiger charge is 2.37. The number of phosphoric ester groups is 1. The molecule has 4 rings (SSSR count). The van der Waals surface area contributed by atoms with Gasteiger partial charge in [-0.25, -0.2) is 13.9 Å². The van der Waals surface area contributed by atoms with Gasteiger partial charge < -0.3 is 60.9 Å². The van der Waals surface area contributed by atoms with Crippen molar-refractivity contribution in [1.82, 2.24) is 35.7 Å². The maximum absolute atomic E-state index is 14.6. The molecule has 1 fully saturated rings. The fraction of sp³-hybridized carbons (Fsp3) is 0.511. The van der Waals surface area contributed by atoms with Gasteiger partial charge in [-0.3, -0.25) is 33.3 Å². The van der Waals surface area contributed by atoms with Crippen molar-refractivity contribution in [1.29, 1.82) is 0 Å². The van der Waals surface area contributed by atoms with Crippen LogP contribution in [0, 0.1) is 11.7 Å². The van der Waals surface area contributed by atoms with Gasteiger partial charge in [-0.15, -0.1) is 0 Å². The van der Waals surface area contributed by atoms with Crippen LogP contribution < -0.4 is 31.7 Å². The van der Waals surface area contributed by atoms with E-state index >= 15 is 0 Å². The molecule has 2 aromatic carbocycles. The highest BCUT2D eigenvalue weighted by atomic mass is 31.2. The molecule has 0 unspecified atom stereocenters. The number of nitrogens with two attached hydrogens (primary N) is 1. The summed E-state index contributed by atoms with van der Waals surface area (Å²) in [5.74, 6) is -4.79. The lowest BCUT2D eigenvalue weighted by Gasteiger charge is -2.28. The Bertz CT molecular complexity index is 2280. The first-order valence-electron chi connectivity index (χ1n) is 22.6. The van der Waals surface area contributed by atoms with E-state index in [-0.39, 0.29) is 42.6 Å². The first kappa shape index (κ1) is 55.3. The molecule has 3 aromatic rings. The smallest absolute Gasteiger partial charge is 0.457 e. The van der Waals surface area contributed by atoms with Gasteiger partial charge in [-0.2, -0.15) is 0 Å². The summed E-state index contributed by atoms with van der Waals surface area (Å²) < 4.78 is 38.1. The van der Waals surface area contributed by atoms with Crippen LogP contribution in [0.25, 0.3) is 0 Å². The fourth-order valence-corrected chi connectivity index (χ4v) is 8.06. The molecule has 6 amide bonds. The molecule has 22 nitrogen and oxygen atoms in total. The molecule has 1 saturated heterocycles. The Balaban J connectivity index is 1.42. The maximum atomic E-state index is 14.6. The molecule has 1 aliphatic rings. The van der Waals surface area contributed by atoms with Gasteiger partial charge in [0.2, 0.25) is 35.4 Å². The molecular formula is C45H63FN9O13P. The Morgan fingerprint density at radius 1 is 0.928 bits per heavy atom. The van der Waals surface area contributed by atoms with E-state index in [2.05, 4.69) is 35.9 Å². The molecule has 1 aliphatic heterocycles. The van der Waals surface area contributed by atoms with Crippen molar-refractivity contribution in [3.8, 4) is 11.5 Å². The second-order valence-corrected chi connectivity index (χ2v) is 18.1. The van der Waals surface area contributed by atoms with Crippen molar-refractivity contribution >= 4 is 49.5 Å². The van der Waals surface area contributed by atoms with E-state index in [1.54, 1.807) is 41.2 Å². The number of likely N-dealkylation sites (tertiary alicyclic amines) is 1. The monoisotopic (exact) mass is 987 g/mol. The number of imidazole rings is 1. The van der Waals surface area contributed by atoms with E-state index in [0.717, 1.165) is 19.8 Å². The van der Waals surface area contributed by atoms with Gasteiger partial charge >= 0.3 is 7.82 Å². The number of benzene rings is 2. The standard InChI is InChI=1S/C45H63FN9O13P/c1-28(2)22-35(51-45(62)38-17-13-20-55(38)30(4)57)42(59)50-36(43(60)52-37(26-56)44(61)53-40(41(47)58)29(3)68-69(63,64)65)23-31-24-48-27-54(31)19-10-5-6-11-21-66-49-25-33-34(46)16-12-18-39(33)67-32-14-8-7-9-15-32/h7-9,12,14-16,18,24-25,27-29,35-38,40,56H,5-6,10-11,13,17,19-23,26H2,1-4H3,(H2,47,58)(H,50,59)(H,51,62)(H,52,60)(H,53,61)(H2,63,64,65)/b49-25+/t29-,35+,36+,37+,38+,40+/m1/s1. The Hall–Kier alpha value is -6.26. The summed E-state index contributed by atoms with van der Waals surface area (Å²) in [5.41, 5.74) is 5.98. The van der Waals surface area contributed by atoms with Crippen LogP contribution in [-0.4, -0.2) is 127 Å². The number of aliphatic hydroxyl groups excluding tert-OH is 1. The number of aryl methyl sites for hydroxylation is 1. The summed E-state index contributed by atoms with van der Waals surface area (Å²) in [5, 5.41) is 24.0. The largest absolute Gasteiger partial charge is 0.469 e. The molecule has 9 N–H and O–H groups in total. The number of amides is 6. The third kappa shape index (κ3) is 18.0. The number of ether oxygens (including phenoxy) is 1. The van der Waals surface area contributed by atoms with Gasteiger partial charge in [-0.1, -0.05) is 49.7 Å². The van der Waals surface area contributed by atoms with Crippen LogP contribution in [0.3, 0.4) is 0 Å². The van der Waals surface area contributed by atoms with Crippen LogP contribution in [0.2, 0.25) is 0 Å². The predicted molar refractivity (Wildman–Crippen MR) is 247 cm³/mol. The molecule has 6 atom stereocenters. The van der Waals surface area contributed by atoms with Crippen molar-refractivity contribution < 1.29 is 66.7 Å². The van der Waals surface area contributed by atoms with E-state index in [1.807, 2.05) is 19.9 Å². The molecular weight excluding hydrogens is 925 g/mol. The predicted octanol–water partition coefficient (Wildman–Crippen LogP) is 1.94. The lowest BCUT2D eigenvalue weighted by Crippen LogP contribution is -2.61. The SMILES string of the molecule is CC(=O)N1CCC[C@H]1C(=O)N[C@@H](CC(C)C)C(=O)N[C@@H](Cc1cncn1CCCCCCO/N=C/c1c(F)cccc1Oc1ccccc1)C(=O)N[C@@H](CO)C(=O)N[C@H](C(N)=O)[C@@H](C)OP(=O)(O)O. The van der Waals surface area contributed by atoms with Gasteiger partial charge in [0.15, 0.2) is 0 Å². The van der Waals surface area contributed by atoms with E-state index in [0.29, 0.717) is 50.2 Å². The minimum Gasteiger partial charge on any atom is -0.457 e. The number of halogens is 1. The Morgan fingerprint density at radius 3 is 2.28 bits per heavy atom. The van der Waals surface area contributed by atoms with E-state index in [1.165, 1.54) is 36.4 Å². The normalized spacial score (nSPS) is 16.0. The Kier molecular flexibility index (Phi) is 21.7. The van der Waals surface area contributed by atoms with Crippen molar-refractivity contribution in [2.45, 2.75) is 122 Å². The summed E-state index contributed by atoms with van der Waals surface area (Å²) in [6.07, 6.45) is 6.37. The third-order valence-electron chi connectivity index (χ3n) is 11.0. The van der Waals surface area contributed by atoms with Crippen LogP contribution in [0.15, 0.2) is 66.2 Å². The van der Waals surface area contributed by atoms with E-state index in [4.69, 9.17) is 15.3 Å². The van der Waals surface area contributed by atoms with E-state index in [9.17, 15) is 52.6 Å². The minimum atomic E-state index is -5.14. The summed E-state index contributed by atoms with van der Waals surface area (Å²) in [6, 6.07) is 6.42. The molecule has 378 valence electrons. The zero-order valence-corrected chi connectivity index (χ0v) is 39.9. The van der Waals surface area contributed by atoms with Crippen molar-refractivity contribution in [2.24, 2.45) is 16.8 Å². The number of unbranched alkanes of at least 4 members (excludes halogenated alkanes) is 3.